The van der Waals surface area contributed by atoms with Gasteiger partial charge in [0.2, 0.25) is 0 Å². The SMILES string of the molecule is COC(=O)C1=C(C)N(CCc2ccccc2)C(=O)/C1=C\c1ccccc1C(F)(F)F. The van der Waals surface area contributed by atoms with Gasteiger partial charge in [0.1, 0.15) is 0 Å². The molecule has 30 heavy (non-hydrogen) atoms. The number of carbonyl (C=O) groups is 2. The topological polar surface area (TPSA) is 46.6 Å². The Hall–Kier alpha value is -3.35. The Bertz CT molecular complexity index is 1020. The third-order valence-electron chi connectivity index (χ3n) is 4.93. The molecule has 0 saturated carbocycles. The zero-order valence-electron chi connectivity index (χ0n) is 16.5. The number of rotatable bonds is 5. The molecular weight excluding hydrogens is 395 g/mol. The van der Waals surface area contributed by atoms with E-state index in [1.54, 1.807) is 6.92 Å². The van der Waals surface area contributed by atoms with E-state index in [9.17, 15) is 22.8 Å². The van der Waals surface area contributed by atoms with Crippen LogP contribution in [0.2, 0.25) is 0 Å². The largest absolute Gasteiger partial charge is 0.465 e. The van der Waals surface area contributed by atoms with Crippen LogP contribution in [-0.2, 0) is 26.9 Å². The molecule has 0 unspecified atom stereocenters. The molecule has 0 atom stereocenters. The third kappa shape index (κ3) is 4.30. The summed E-state index contributed by atoms with van der Waals surface area (Å²) in [7, 11) is 1.17. The average Bonchev–Trinajstić information content (AvgIpc) is 2.95. The summed E-state index contributed by atoms with van der Waals surface area (Å²) < 4.78 is 44.9. The van der Waals surface area contributed by atoms with Crippen LogP contribution in [0.1, 0.15) is 23.6 Å². The number of hydrogen-bond acceptors (Lipinski definition) is 3. The van der Waals surface area contributed by atoms with E-state index >= 15 is 0 Å². The number of amides is 1. The summed E-state index contributed by atoms with van der Waals surface area (Å²) in [6.45, 7) is 1.87. The van der Waals surface area contributed by atoms with Crippen molar-refractivity contribution in [1.29, 1.82) is 0 Å². The summed E-state index contributed by atoms with van der Waals surface area (Å²) >= 11 is 0. The van der Waals surface area contributed by atoms with Gasteiger partial charge in [-0.25, -0.2) is 4.79 Å². The molecule has 4 nitrogen and oxygen atoms in total. The number of methoxy groups -OCH3 is 1. The Labute approximate surface area is 172 Å². The molecule has 7 heteroatoms. The van der Waals surface area contributed by atoms with Crippen molar-refractivity contribution in [1.82, 2.24) is 4.90 Å². The molecule has 1 amide bonds. The quantitative estimate of drug-likeness (QED) is 0.529. The maximum atomic E-state index is 13.4. The first kappa shape index (κ1) is 21.4. The Morgan fingerprint density at radius 3 is 2.33 bits per heavy atom. The van der Waals surface area contributed by atoms with E-state index in [4.69, 9.17) is 4.74 Å². The van der Waals surface area contributed by atoms with E-state index in [-0.39, 0.29) is 23.3 Å². The smallest absolute Gasteiger partial charge is 0.416 e. The molecule has 0 spiro atoms. The first-order valence-corrected chi connectivity index (χ1v) is 9.27. The van der Waals surface area contributed by atoms with E-state index < -0.39 is 23.6 Å². The van der Waals surface area contributed by atoms with Gasteiger partial charge < -0.3 is 9.64 Å². The third-order valence-corrected chi connectivity index (χ3v) is 4.93. The minimum atomic E-state index is -4.59. The van der Waals surface area contributed by atoms with Gasteiger partial charge in [0.05, 0.1) is 23.8 Å². The number of esters is 1. The first-order chi connectivity index (χ1) is 14.2. The number of alkyl halides is 3. The molecule has 1 aliphatic heterocycles. The Morgan fingerprint density at radius 2 is 1.70 bits per heavy atom. The fourth-order valence-corrected chi connectivity index (χ4v) is 3.42. The molecule has 1 heterocycles. The van der Waals surface area contributed by atoms with E-state index in [1.165, 1.54) is 30.2 Å². The Morgan fingerprint density at radius 1 is 1.07 bits per heavy atom. The summed E-state index contributed by atoms with van der Waals surface area (Å²) in [5.74, 6) is -1.29. The van der Waals surface area contributed by atoms with Gasteiger partial charge >= 0.3 is 12.1 Å². The van der Waals surface area contributed by atoms with Crippen LogP contribution in [-0.4, -0.2) is 30.4 Å². The van der Waals surface area contributed by atoms with Crippen LogP contribution in [0.25, 0.3) is 6.08 Å². The van der Waals surface area contributed by atoms with Crippen LogP contribution in [0.5, 0.6) is 0 Å². The second kappa shape index (κ2) is 8.57. The highest BCUT2D eigenvalue weighted by atomic mass is 19.4. The Kier molecular flexibility index (Phi) is 6.10. The Balaban J connectivity index is 2.01. The van der Waals surface area contributed by atoms with Crippen molar-refractivity contribution in [3.63, 3.8) is 0 Å². The average molecular weight is 415 g/mol. The lowest BCUT2D eigenvalue weighted by molar-refractivity contribution is -0.138. The zero-order valence-corrected chi connectivity index (χ0v) is 16.5. The first-order valence-electron chi connectivity index (χ1n) is 9.27. The summed E-state index contributed by atoms with van der Waals surface area (Å²) in [5.41, 5.74) is 0.162. The molecule has 3 rings (SSSR count). The van der Waals surface area contributed by atoms with Crippen LogP contribution in [0.3, 0.4) is 0 Å². The summed E-state index contributed by atoms with van der Waals surface area (Å²) in [6, 6.07) is 14.4. The van der Waals surface area contributed by atoms with Gasteiger partial charge in [-0.1, -0.05) is 48.5 Å². The van der Waals surface area contributed by atoms with Crippen LogP contribution in [0.15, 0.2) is 71.4 Å². The van der Waals surface area contributed by atoms with Gasteiger partial charge in [-0.15, -0.1) is 0 Å². The number of halogens is 3. The fraction of sp³-hybridized carbons (Fsp3) is 0.217. The summed E-state index contributed by atoms with van der Waals surface area (Å²) in [6.07, 6.45) is -2.94. The van der Waals surface area contributed by atoms with Crippen molar-refractivity contribution in [2.45, 2.75) is 19.5 Å². The van der Waals surface area contributed by atoms with Crippen LogP contribution < -0.4 is 0 Å². The lowest BCUT2D eigenvalue weighted by atomic mass is 10.00. The molecule has 0 N–H and O–H groups in total. The predicted octanol–water partition coefficient (Wildman–Crippen LogP) is 4.62. The number of hydrogen-bond donors (Lipinski definition) is 0. The van der Waals surface area contributed by atoms with Crippen molar-refractivity contribution >= 4 is 18.0 Å². The van der Waals surface area contributed by atoms with Crippen LogP contribution in [0.4, 0.5) is 13.2 Å². The number of allylic oxidation sites excluding steroid dienone is 1. The number of nitrogens with zero attached hydrogens (tertiary/aromatic N) is 1. The molecule has 0 radical (unpaired) electrons. The monoisotopic (exact) mass is 415 g/mol. The highest BCUT2D eigenvalue weighted by Gasteiger charge is 2.38. The predicted molar refractivity (Wildman–Crippen MR) is 106 cm³/mol. The summed E-state index contributed by atoms with van der Waals surface area (Å²) in [4.78, 5) is 26.8. The van der Waals surface area contributed by atoms with Gasteiger partial charge in [-0.05, 0) is 36.6 Å². The van der Waals surface area contributed by atoms with Crippen LogP contribution >= 0.6 is 0 Å². The maximum absolute atomic E-state index is 13.4. The van der Waals surface area contributed by atoms with Gasteiger partial charge in [0.15, 0.2) is 0 Å². The molecule has 0 aliphatic carbocycles. The van der Waals surface area contributed by atoms with Gasteiger partial charge in [0, 0.05) is 12.2 Å². The van der Waals surface area contributed by atoms with Crippen molar-refractivity contribution in [3.8, 4) is 0 Å². The van der Waals surface area contributed by atoms with E-state index in [0.29, 0.717) is 12.1 Å². The van der Waals surface area contributed by atoms with Crippen molar-refractivity contribution in [3.05, 3.63) is 88.1 Å². The molecular formula is C23H20F3NO3. The molecule has 156 valence electrons. The van der Waals surface area contributed by atoms with Crippen LogP contribution in [0, 0.1) is 0 Å². The zero-order chi connectivity index (χ0) is 21.9. The van der Waals surface area contributed by atoms with Crippen molar-refractivity contribution in [2.24, 2.45) is 0 Å². The molecule has 2 aromatic carbocycles. The lowest BCUT2D eigenvalue weighted by Gasteiger charge is -2.18. The molecule has 2 aromatic rings. The number of benzene rings is 2. The molecule has 0 aromatic heterocycles. The van der Waals surface area contributed by atoms with E-state index in [0.717, 1.165) is 17.7 Å². The van der Waals surface area contributed by atoms with Gasteiger partial charge in [-0.3, -0.25) is 4.79 Å². The minimum absolute atomic E-state index is 0.0208. The number of carbonyl (C=O) groups excluding carboxylic acids is 2. The lowest BCUT2D eigenvalue weighted by Crippen LogP contribution is -2.27. The second-order valence-electron chi connectivity index (χ2n) is 6.79. The second-order valence-corrected chi connectivity index (χ2v) is 6.79. The van der Waals surface area contributed by atoms with Crippen molar-refractivity contribution in [2.75, 3.05) is 13.7 Å². The maximum Gasteiger partial charge on any atom is 0.416 e. The van der Waals surface area contributed by atoms with Gasteiger partial charge in [-0.2, -0.15) is 13.2 Å². The number of ether oxygens (including phenoxy) is 1. The summed E-state index contributed by atoms with van der Waals surface area (Å²) in [5, 5.41) is 0. The highest BCUT2D eigenvalue weighted by molar-refractivity contribution is 6.16. The molecule has 1 aliphatic rings. The van der Waals surface area contributed by atoms with E-state index in [1.807, 2.05) is 30.3 Å². The highest BCUT2D eigenvalue weighted by Crippen LogP contribution is 2.36. The van der Waals surface area contributed by atoms with Crippen molar-refractivity contribution < 1.29 is 27.5 Å². The van der Waals surface area contributed by atoms with Gasteiger partial charge in [0.25, 0.3) is 5.91 Å². The van der Waals surface area contributed by atoms with E-state index in [2.05, 4.69) is 0 Å². The molecule has 0 saturated heterocycles. The molecule has 0 bridgehead atoms. The normalized spacial score (nSPS) is 15.8. The standard InChI is InChI=1S/C23H20F3NO3/c1-15-20(22(29)30-2)18(14-17-10-6-7-11-19(17)23(24,25)26)21(28)27(15)13-12-16-8-4-3-5-9-16/h3-11,14H,12-13H2,1-2H3/b18-14-. The minimum Gasteiger partial charge on any atom is -0.465 e. The molecule has 0 fully saturated rings. The fourth-order valence-electron chi connectivity index (χ4n) is 3.42.